The second-order valence-corrected chi connectivity index (χ2v) is 6.07. The van der Waals surface area contributed by atoms with Crippen LogP contribution in [-0.4, -0.2) is 19.6 Å². The summed E-state index contributed by atoms with van der Waals surface area (Å²) < 4.78 is 1.16. The molecule has 2 nitrogen and oxygen atoms in total. The summed E-state index contributed by atoms with van der Waals surface area (Å²) in [4.78, 5) is 2.53. The topological polar surface area (TPSA) is 29.3 Å². The summed E-state index contributed by atoms with van der Waals surface area (Å²) in [5.41, 5.74) is 8.47. The molecule has 1 aliphatic rings. The van der Waals surface area contributed by atoms with Gasteiger partial charge in [0.25, 0.3) is 0 Å². The summed E-state index contributed by atoms with van der Waals surface area (Å²) in [5, 5.41) is 0. The number of hydrogen-bond donors (Lipinski definition) is 1. The number of nitrogens with two attached hydrogens (primary N) is 1. The lowest BCUT2D eigenvalue weighted by Crippen LogP contribution is -2.34. The Labute approximate surface area is 119 Å². The molecule has 3 heteroatoms. The molecule has 100 valence electrons. The zero-order chi connectivity index (χ0) is 13.0. The van der Waals surface area contributed by atoms with Crippen LogP contribution in [0.5, 0.6) is 0 Å². The van der Waals surface area contributed by atoms with Crippen LogP contribution in [0.3, 0.4) is 0 Å². The minimum atomic E-state index is 0.722. The van der Waals surface area contributed by atoms with Crippen LogP contribution in [0.1, 0.15) is 31.7 Å². The number of hydrogen-bond acceptors (Lipinski definition) is 2. The monoisotopic (exact) mass is 310 g/mol. The molecule has 0 atom stereocenters. The summed E-state index contributed by atoms with van der Waals surface area (Å²) in [6.45, 7) is 5.40. The molecule has 1 fully saturated rings. The SMILES string of the molecule is CCC1CCN(c2cc(Br)ccc2CCN)CC1. The Morgan fingerprint density at radius 3 is 2.67 bits per heavy atom. The summed E-state index contributed by atoms with van der Waals surface area (Å²) in [7, 11) is 0. The van der Waals surface area contributed by atoms with Gasteiger partial charge >= 0.3 is 0 Å². The second-order valence-electron chi connectivity index (χ2n) is 5.15. The van der Waals surface area contributed by atoms with Gasteiger partial charge in [0.05, 0.1) is 0 Å². The van der Waals surface area contributed by atoms with E-state index >= 15 is 0 Å². The molecule has 0 unspecified atom stereocenters. The van der Waals surface area contributed by atoms with Crippen LogP contribution in [0.15, 0.2) is 22.7 Å². The number of nitrogens with zero attached hydrogens (tertiary/aromatic N) is 1. The predicted octanol–water partition coefficient (Wildman–Crippen LogP) is 3.58. The second kappa shape index (κ2) is 6.58. The molecule has 1 aromatic carbocycles. The van der Waals surface area contributed by atoms with Gasteiger partial charge in [-0.2, -0.15) is 0 Å². The van der Waals surface area contributed by atoms with Gasteiger partial charge in [0.1, 0.15) is 0 Å². The van der Waals surface area contributed by atoms with Gasteiger partial charge in [-0.05, 0) is 49.4 Å². The number of halogens is 1. The molecular weight excluding hydrogens is 288 g/mol. The Hall–Kier alpha value is -0.540. The number of piperidine rings is 1. The smallest absolute Gasteiger partial charge is 0.0410 e. The Bertz CT molecular complexity index is 384. The highest BCUT2D eigenvalue weighted by Gasteiger charge is 2.19. The molecule has 0 aliphatic carbocycles. The van der Waals surface area contributed by atoms with Crippen LogP contribution >= 0.6 is 15.9 Å². The van der Waals surface area contributed by atoms with Crippen LogP contribution in [-0.2, 0) is 6.42 Å². The first-order valence-electron chi connectivity index (χ1n) is 6.98. The van der Waals surface area contributed by atoms with Crippen molar-refractivity contribution in [3.05, 3.63) is 28.2 Å². The van der Waals surface area contributed by atoms with Gasteiger partial charge in [0.2, 0.25) is 0 Å². The van der Waals surface area contributed by atoms with Crippen molar-refractivity contribution < 1.29 is 0 Å². The fourth-order valence-corrected chi connectivity index (χ4v) is 3.13. The maximum absolute atomic E-state index is 5.71. The molecule has 1 heterocycles. The van der Waals surface area contributed by atoms with Crippen molar-refractivity contribution in [2.75, 3.05) is 24.5 Å². The van der Waals surface area contributed by atoms with E-state index in [9.17, 15) is 0 Å². The van der Waals surface area contributed by atoms with E-state index in [0.29, 0.717) is 0 Å². The Kier molecular flexibility index (Phi) is 5.07. The number of rotatable bonds is 4. The van der Waals surface area contributed by atoms with Crippen molar-refractivity contribution in [3.63, 3.8) is 0 Å². The zero-order valence-electron chi connectivity index (χ0n) is 11.2. The molecule has 1 aromatic rings. The van der Waals surface area contributed by atoms with Crippen molar-refractivity contribution in [2.24, 2.45) is 11.7 Å². The Morgan fingerprint density at radius 1 is 1.33 bits per heavy atom. The molecular formula is C15H23BrN2. The minimum absolute atomic E-state index is 0.722. The average Bonchev–Trinajstić information content (AvgIpc) is 2.41. The first kappa shape index (κ1) is 13.9. The zero-order valence-corrected chi connectivity index (χ0v) is 12.7. The van der Waals surface area contributed by atoms with E-state index in [1.807, 2.05) is 0 Å². The van der Waals surface area contributed by atoms with Gasteiger partial charge in [-0.15, -0.1) is 0 Å². The molecule has 0 bridgehead atoms. The van der Waals surface area contributed by atoms with Crippen molar-refractivity contribution >= 4 is 21.6 Å². The molecule has 0 aromatic heterocycles. The largest absolute Gasteiger partial charge is 0.371 e. The highest BCUT2D eigenvalue weighted by molar-refractivity contribution is 9.10. The van der Waals surface area contributed by atoms with E-state index in [4.69, 9.17) is 5.73 Å². The van der Waals surface area contributed by atoms with Crippen molar-refractivity contribution in [3.8, 4) is 0 Å². The fraction of sp³-hybridized carbons (Fsp3) is 0.600. The van der Waals surface area contributed by atoms with Gasteiger partial charge in [-0.25, -0.2) is 0 Å². The van der Waals surface area contributed by atoms with E-state index in [2.05, 4.69) is 46.0 Å². The first-order chi connectivity index (χ1) is 8.74. The van der Waals surface area contributed by atoms with Crippen LogP contribution in [0.25, 0.3) is 0 Å². The molecule has 0 amide bonds. The van der Waals surface area contributed by atoms with Crippen molar-refractivity contribution in [1.82, 2.24) is 0 Å². The fourth-order valence-electron chi connectivity index (χ4n) is 2.78. The summed E-state index contributed by atoms with van der Waals surface area (Å²) in [6, 6.07) is 6.57. The van der Waals surface area contributed by atoms with Gasteiger partial charge in [-0.3, -0.25) is 0 Å². The van der Waals surface area contributed by atoms with Crippen LogP contribution < -0.4 is 10.6 Å². The number of benzene rings is 1. The lowest BCUT2D eigenvalue weighted by molar-refractivity contribution is 0.394. The highest BCUT2D eigenvalue weighted by Crippen LogP contribution is 2.30. The van der Waals surface area contributed by atoms with Crippen LogP contribution in [0, 0.1) is 5.92 Å². The van der Waals surface area contributed by atoms with Gasteiger partial charge in [0.15, 0.2) is 0 Å². The molecule has 0 spiro atoms. The third-order valence-corrected chi connectivity index (χ3v) is 4.49. The summed E-state index contributed by atoms with van der Waals surface area (Å²) >= 11 is 3.58. The third kappa shape index (κ3) is 3.27. The Balaban J connectivity index is 2.14. The summed E-state index contributed by atoms with van der Waals surface area (Å²) in [5.74, 6) is 0.923. The lowest BCUT2D eigenvalue weighted by Gasteiger charge is -2.34. The van der Waals surface area contributed by atoms with E-state index < -0.39 is 0 Å². The number of anilines is 1. The molecule has 2 rings (SSSR count). The van der Waals surface area contributed by atoms with Crippen molar-refractivity contribution in [1.29, 1.82) is 0 Å². The van der Waals surface area contributed by atoms with E-state index in [0.717, 1.165) is 23.4 Å². The standard InChI is InChI=1S/C15H23BrN2/c1-2-12-6-9-18(10-7-12)15-11-14(16)4-3-13(15)5-8-17/h3-4,11-12H,2,5-10,17H2,1H3. The molecule has 18 heavy (non-hydrogen) atoms. The lowest BCUT2D eigenvalue weighted by atomic mass is 9.93. The van der Waals surface area contributed by atoms with E-state index in [-0.39, 0.29) is 0 Å². The molecule has 0 radical (unpaired) electrons. The Morgan fingerprint density at radius 2 is 2.06 bits per heavy atom. The summed E-state index contributed by atoms with van der Waals surface area (Å²) in [6.07, 6.45) is 4.94. The average molecular weight is 311 g/mol. The molecule has 1 saturated heterocycles. The van der Waals surface area contributed by atoms with Gasteiger partial charge < -0.3 is 10.6 Å². The normalized spacial score (nSPS) is 17.2. The van der Waals surface area contributed by atoms with Crippen molar-refractivity contribution in [2.45, 2.75) is 32.6 Å². The first-order valence-corrected chi connectivity index (χ1v) is 7.77. The molecule has 0 saturated carbocycles. The van der Waals surface area contributed by atoms with Gasteiger partial charge in [0, 0.05) is 23.2 Å². The van der Waals surface area contributed by atoms with E-state index in [1.54, 1.807) is 0 Å². The maximum Gasteiger partial charge on any atom is 0.0410 e. The molecule has 2 N–H and O–H groups in total. The molecule has 1 aliphatic heterocycles. The quantitative estimate of drug-likeness (QED) is 0.921. The third-order valence-electron chi connectivity index (χ3n) is 3.99. The van der Waals surface area contributed by atoms with Crippen LogP contribution in [0.4, 0.5) is 5.69 Å². The maximum atomic E-state index is 5.71. The minimum Gasteiger partial charge on any atom is -0.371 e. The van der Waals surface area contributed by atoms with Gasteiger partial charge in [-0.1, -0.05) is 35.3 Å². The predicted molar refractivity (Wildman–Crippen MR) is 82.1 cm³/mol. The van der Waals surface area contributed by atoms with E-state index in [1.165, 1.54) is 43.6 Å². The highest BCUT2D eigenvalue weighted by atomic mass is 79.9. The van der Waals surface area contributed by atoms with Crippen LogP contribution in [0.2, 0.25) is 0 Å².